The van der Waals surface area contributed by atoms with Gasteiger partial charge in [-0.2, -0.15) is 0 Å². The number of ether oxygens (including phenoxy) is 1. The lowest BCUT2D eigenvalue weighted by Gasteiger charge is -2.62. The molecule has 0 aliphatic heterocycles. The second kappa shape index (κ2) is 10.2. The molecule has 0 aromatic heterocycles. The summed E-state index contributed by atoms with van der Waals surface area (Å²) in [4.78, 5) is 12.9. The Kier molecular flexibility index (Phi) is 7.31. The molecule has 2 nitrogen and oxygen atoms in total. The van der Waals surface area contributed by atoms with Gasteiger partial charge in [0.25, 0.3) is 0 Å². The molecule has 6 rings (SSSR count). The van der Waals surface area contributed by atoms with Gasteiger partial charge in [-0.3, -0.25) is 0 Å². The van der Waals surface area contributed by atoms with Crippen molar-refractivity contribution in [2.24, 2.45) is 63.1 Å². The highest BCUT2D eigenvalue weighted by atomic mass is 16.5. The largest absolute Gasteiger partial charge is 0.458 e. The number of esters is 1. The first kappa shape index (κ1) is 28.8. The van der Waals surface area contributed by atoms with Crippen molar-refractivity contribution in [3.63, 3.8) is 0 Å². The molecule has 5 saturated carbocycles. The van der Waals surface area contributed by atoms with Crippen LogP contribution in [0.3, 0.4) is 0 Å². The molecule has 0 unspecified atom stereocenters. The Morgan fingerprint density at radius 3 is 2.35 bits per heavy atom. The molecule has 5 aliphatic carbocycles. The standard InChI is InChI=1S/C38H58O2/c1-8-28(25(2)3)15-14-26(4)30-18-20-36(7)33-17-16-31-27(5)32(40-34(39)29-12-10-9-11-13-29)19-21-37(31)24-38(33,37)23-22-35(30,36)6/h9-13,25-28,30-33H,8,14-24H2,1-7H3/t26-,27+,28-,30-,31-,32+,33-,35-,36+,37-,38-/m1/s1. The highest BCUT2D eigenvalue weighted by molar-refractivity contribution is 5.89. The number of rotatable bonds is 8. The third kappa shape index (κ3) is 4.03. The molecule has 1 aromatic carbocycles. The van der Waals surface area contributed by atoms with E-state index in [2.05, 4.69) is 48.5 Å². The Morgan fingerprint density at radius 1 is 0.900 bits per heavy atom. The van der Waals surface area contributed by atoms with Crippen LogP contribution in [0.5, 0.6) is 0 Å². The van der Waals surface area contributed by atoms with Crippen molar-refractivity contribution in [2.45, 2.75) is 132 Å². The normalized spacial score (nSPS) is 45.0. The van der Waals surface area contributed by atoms with Crippen LogP contribution in [-0.4, -0.2) is 12.1 Å². The second-order valence-corrected chi connectivity index (χ2v) is 16.4. The maximum absolute atomic E-state index is 12.9. The molecule has 0 bridgehead atoms. The number of carbonyl (C=O) groups excluding carboxylic acids is 1. The lowest BCUT2D eigenvalue weighted by molar-refractivity contribution is -0.143. The summed E-state index contributed by atoms with van der Waals surface area (Å²) in [6.45, 7) is 17.8. The predicted molar refractivity (Wildman–Crippen MR) is 165 cm³/mol. The van der Waals surface area contributed by atoms with Gasteiger partial charge in [-0.25, -0.2) is 4.79 Å². The molecule has 0 amide bonds. The molecule has 40 heavy (non-hydrogen) atoms. The van der Waals surface area contributed by atoms with Crippen molar-refractivity contribution in [1.82, 2.24) is 0 Å². The number of benzene rings is 1. The van der Waals surface area contributed by atoms with Crippen molar-refractivity contribution in [3.05, 3.63) is 35.9 Å². The summed E-state index contributed by atoms with van der Waals surface area (Å²) in [7, 11) is 0. The molecule has 2 heteroatoms. The predicted octanol–water partition coefficient (Wildman–Crippen LogP) is 10.4. The van der Waals surface area contributed by atoms with E-state index >= 15 is 0 Å². The number of carbonyl (C=O) groups is 1. The summed E-state index contributed by atoms with van der Waals surface area (Å²) in [6.07, 6.45) is 16.7. The number of hydrogen-bond donors (Lipinski definition) is 0. The summed E-state index contributed by atoms with van der Waals surface area (Å²) in [5.41, 5.74) is 2.81. The van der Waals surface area contributed by atoms with Crippen LogP contribution in [0.2, 0.25) is 0 Å². The molecular formula is C38H58O2. The van der Waals surface area contributed by atoms with Gasteiger partial charge in [-0.05, 0) is 139 Å². The zero-order valence-corrected chi connectivity index (χ0v) is 26.8. The van der Waals surface area contributed by atoms with Gasteiger partial charge in [-0.15, -0.1) is 0 Å². The van der Waals surface area contributed by atoms with E-state index in [-0.39, 0.29) is 12.1 Å². The van der Waals surface area contributed by atoms with E-state index in [1.54, 1.807) is 0 Å². The quantitative estimate of drug-likeness (QED) is 0.303. The van der Waals surface area contributed by atoms with Gasteiger partial charge in [0.1, 0.15) is 6.10 Å². The fourth-order valence-electron chi connectivity index (χ4n) is 12.6. The van der Waals surface area contributed by atoms with Gasteiger partial charge in [0.05, 0.1) is 5.56 Å². The minimum absolute atomic E-state index is 0.0801. The zero-order valence-electron chi connectivity index (χ0n) is 26.8. The zero-order chi connectivity index (χ0) is 28.5. The molecule has 0 radical (unpaired) electrons. The molecule has 0 N–H and O–H groups in total. The van der Waals surface area contributed by atoms with E-state index < -0.39 is 0 Å². The van der Waals surface area contributed by atoms with E-state index in [0.29, 0.717) is 33.1 Å². The summed E-state index contributed by atoms with van der Waals surface area (Å²) in [5, 5.41) is 0. The van der Waals surface area contributed by atoms with Crippen molar-refractivity contribution >= 4 is 5.97 Å². The van der Waals surface area contributed by atoms with E-state index in [1.165, 1.54) is 70.6 Å². The molecule has 5 aliphatic rings. The maximum Gasteiger partial charge on any atom is 0.338 e. The summed E-state index contributed by atoms with van der Waals surface area (Å²) in [6, 6.07) is 9.61. The molecular weight excluding hydrogens is 488 g/mol. The molecule has 222 valence electrons. The average molecular weight is 547 g/mol. The Morgan fingerprint density at radius 2 is 1.65 bits per heavy atom. The Hall–Kier alpha value is -1.31. The maximum atomic E-state index is 12.9. The van der Waals surface area contributed by atoms with Crippen LogP contribution in [0.4, 0.5) is 0 Å². The number of hydrogen-bond acceptors (Lipinski definition) is 2. The van der Waals surface area contributed by atoms with E-state index in [1.807, 2.05) is 30.3 Å². The molecule has 1 aromatic rings. The first-order valence-corrected chi connectivity index (χ1v) is 17.3. The lowest BCUT2D eigenvalue weighted by Crippen LogP contribution is -2.56. The monoisotopic (exact) mass is 546 g/mol. The van der Waals surface area contributed by atoms with Gasteiger partial charge in [0, 0.05) is 0 Å². The first-order chi connectivity index (χ1) is 19.0. The third-order valence-electron chi connectivity index (χ3n) is 15.1. The Bertz CT molecular complexity index is 1080. The van der Waals surface area contributed by atoms with E-state index in [9.17, 15) is 4.79 Å². The van der Waals surface area contributed by atoms with E-state index in [4.69, 9.17) is 4.74 Å². The molecule has 0 saturated heterocycles. The third-order valence-corrected chi connectivity index (χ3v) is 15.1. The topological polar surface area (TPSA) is 26.3 Å². The average Bonchev–Trinajstić information content (AvgIpc) is 3.52. The molecule has 2 spiro atoms. The van der Waals surface area contributed by atoms with Crippen LogP contribution in [0.25, 0.3) is 0 Å². The molecule has 0 heterocycles. The Balaban J connectivity index is 1.16. The van der Waals surface area contributed by atoms with Crippen molar-refractivity contribution < 1.29 is 9.53 Å². The van der Waals surface area contributed by atoms with Gasteiger partial charge in [-0.1, -0.05) is 79.5 Å². The molecule has 5 fully saturated rings. The highest BCUT2D eigenvalue weighted by Crippen LogP contribution is 2.88. The van der Waals surface area contributed by atoms with Crippen LogP contribution >= 0.6 is 0 Å². The van der Waals surface area contributed by atoms with Crippen molar-refractivity contribution in [2.75, 3.05) is 0 Å². The number of fused-ring (bicyclic) bond motifs is 2. The van der Waals surface area contributed by atoms with Gasteiger partial charge in [0.2, 0.25) is 0 Å². The van der Waals surface area contributed by atoms with Crippen molar-refractivity contribution in [1.29, 1.82) is 0 Å². The van der Waals surface area contributed by atoms with Gasteiger partial charge in [0.15, 0.2) is 0 Å². The fraction of sp³-hybridized carbons (Fsp3) is 0.816. The minimum Gasteiger partial charge on any atom is -0.458 e. The SMILES string of the molecule is CC[C@H](CC[C@@H](C)[C@H]1CC[C@@]2(C)[C@H]3CC[C@@H]4[C@H](C)[C@@H](OC(=O)c5ccccc5)CC[C@@]45C[C@]35CC[C@]12C)C(C)C. The van der Waals surface area contributed by atoms with Crippen molar-refractivity contribution in [3.8, 4) is 0 Å². The van der Waals surface area contributed by atoms with Gasteiger partial charge >= 0.3 is 5.97 Å². The summed E-state index contributed by atoms with van der Waals surface area (Å²) >= 11 is 0. The molecule has 11 atom stereocenters. The van der Waals surface area contributed by atoms with Crippen LogP contribution in [-0.2, 0) is 4.74 Å². The van der Waals surface area contributed by atoms with E-state index in [0.717, 1.165) is 41.9 Å². The van der Waals surface area contributed by atoms with Crippen LogP contribution in [0.1, 0.15) is 136 Å². The highest BCUT2D eigenvalue weighted by Gasteiger charge is 2.81. The van der Waals surface area contributed by atoms with Crippen LogP contribution < -0.4 is 0 Å². The summed E-state index contributed by atoms with van der Waals surface area (Å²) in [5.74, 6) is 5.45. The lowest BCUT2D eigenvalue weighted by atomic mass is 9.43. The van der Waals surface area contributed by atoms with Gasteiger partial charge < -0.3 is 4.74 Å². The smallest absolute Gasteiger partial charge is 0.338 e. The summed E-state index contributed by atoms with van der Waals surface area (Å²) < 4.78 is 6.21. The van der Waals surface area contributed by atoms with Crippen LogP contribution in [0.15, 0.2) is 30.3 Å². The first-order valence-electron chi connectivity index (χ1n) is 17.3. The minimum atomic E-state index is -0.127. The second-order valence-electron chi connectivity index (χ2n) is 16.4. The fourth-order valence-corrected chi connectivity index (χ4v) is 12.6. The Labute approximate surface area is 245 Å². The van der Waals surface area contributed by atoms with Crippen LogP contribution in [0, 0.1) is 63.1 Å².